The second-order valence-electron chi connectivity index (χ2n) is 5.76. The summed E-state index contributed by atoms with van der Waals surface area (Å²) in [4.78, 5) is 10.4. The maximum Gasteiger partial charge on any atom is 0.271 e. The highest BCUT2D eigenvalue weighted by atomic mass is 32.2. The summed E-state index contributed by atoms with van der Waals surface area (Å²) < 4.78 is 32.1. The third-order valence-electron chi connectivity index (χ3n) is 4.04. The van der Waals surface area contributed by atoms with Gasteiger partial charge in [0.2, 0.25) is 10.0 Å². The summed E-state index contributed by atoms with van der Waals surface area (Å²) >= 11 is 0. The number of nitro benzene ring substituents is 1. The molecule has 0 aliphatic heterocycles. The lowest BCUT2D eigenvalue weighted by Gasteiger charge is -2.19. The fourth-order valence-electron chi connectivity index (χ4n) is 2.46. The molecule has 0 radical (unpaired) electrons. The lowest BCUT2D eigenvalue weighted by Crippen LogP contribution is -2.27. The maximum absolute atomic E-state index is 12.9. The monoisotopic (exact) mass is 364 g/mol. The van der Waals surface area contributed by atoms with Crippen molar-refractivity contribution >= 4 is 15.7 Å². The predicted molar refractivity (Wildman–Crippen MR) is 94.2 cm³/mol. The minimum atomic E-state index is -3.88. The van der Waals surface area contributed by atoms with Crippen molar-refractivity contribution in [2.45, 2.75) is 25.3 Å². The van der Waals surface area contributed by atoms with Gasteiger partial charge in [0.25, 0.3) is 5.69 Å². The van der Waals surface area contributed by atoms with Crippen LogP contribution in [0.1, 0.15) is 16.7 Å². The quantitative estimate of drug-likeness (QED) is 0.580. The highest BCUT2D eigenvalue weighted by molar-refractivity contribution is 7.89. The molecule has 0 aromatic heterocycles. The molecule has 2 aromatic rings. The van der Waals surface area contributed by atoms with Crippen LogP contribution in [0.4, 0.5) is 5.69 Å². The first-order valence-corrected chi connectivity index (χ1v) is 8.95. The van der Waals surface area contributed by atoms with Crippen LogP contribution in [0.3, 0.4) is 0 Å². The molecule has 0 spiro atoms. The van der Waals surface area contributed by atoms with Gasteiger partial charge in [0.15, 0.2) is 0 Å². The summed E-state index contributed by atoms with van der Waals surface area (Å²) in [6, 6.07) is 9.57. The van der Waals surface area contributed by atoms with Crippen molar-refractivity contribution in [2.24, 2.45) is 0 Å². The van der Waals surface area contributed by atoms with Crippen LogP contribution >= 0.6 is 0 Å². The Kier molecular flexibility index (Phi) is 5.44. The summed E-state index contributed by atoms with van der Waals surface area (Å²) in [6.07, 6.45) is 0. The van der Waals surface area contributed by atoms with Crippen molar-refractivity contribution in [3.8, 4) is 5.75 Å². The standard InChI is InChI=1S/C17H20N2O5S/c1-12-8-15(19(20)21)10-17(13(12)2)25(22,23)18(3)11-14-6-5-7-16(9-14)24-4/h5-10H,11H2,1-4H3. The van der Waals surface area contributed by atoms with E-state index in [1.165, 1.54) is 24.5 Å². The average molecular weight is 364 g/mol. The minimum Gasteiger partial charge on any atom is -0.497 e. The fourth-order valence-corrected chi connectivity index (χ4v) is 3.94. The highest BCUT2D eigenvalue weighted by Crippen LogP contribution is 2.28. The summed E-state index contributed by atoms with van der Waals surface area (Å²) in [5.41, 5.74) is 1.58. The number of nitrogens with zero attached hydrogens (tertiary/aromatic N) is 2. The van der Waals surface area contributed by atoms with E-state index in [4.69, 9.17) is 4.74 Å². The molecule has 0 fully saturated rings. The minimum absolute atomic E-state index is 0.0513. The van der Waals surface area contributed by atoms with Gasteiger partial charge in [-0.05, 0) is 42.7 Å². The molecule has 8 heteroatoms. The van der Waals surface area contributed by atoms with Crippen molar-refractivity contribution in [3.05, 3.63) is 63.2 Å². The molecule has 0 N–H and O–H groups in total. The van der Waals surface area contributed by atoms with Crippen LogP contribution < -0.4 is 4.74 Å². The zero-order valence-corrected chi connectivity index (χ0v) is 15.3. The Balaban J connectivity index is 2.42. The number of nitro groups is 1. The Hall–Kier alpha value is -2.45. The molecule has 7 nitrogen and oxygen atoms in total. The predicted octanol–water partition coefficient (Wildman–Crippen LogP) is 3.04. The third-order valence-corrected chi connectivity index (χ3v) is 5.97. The molecule has 0 aliphatic rings. The summed E-state index contributed by atoms with van der Waals surface area (Å²) in [6.45, 7) is 3.43. The van der Waals surface area contributed by atoms with E-state index in [9.17, 15) is 18.5 Å². The molecule has 0 saturated carbocycles. The smallest absolute Gasteiger partial charge is 0.271 e. The first kappa shape index (κ1) is 18.9. The van der Waals surface area contributed by atoms with Gasteiger partial charge in [-0.1, -0.05) is 12.1 Å². The number of methoxy groups -OCH3 is 1. The van der Waals surface area contributed by atoms with E-state index in [0.29, 0.717) is 16.9 Å². The first-order valence-electron chi connectivity index (χ1n) is 7.51. The Bertz CT molecular complexity index is 909. The lowest BCUT2D eigenvalue weighted by molar-refractivity contribution is -0.385. The number of non-ortho nitro benzene ring substituents is 1. The van der Waals surface area contributed by atoms with Crippen LogP contribution in [0, 0.1) is 24.0 Å². The van der Waals surface area contributed by atoms with Gasteiger partial charge in [0.1, 0.15) is 5.75 Å². The van der Waals surface area contributed by atoms with Gasteiger partial charge in [-0.3, -0.25) is 10.1 Å². The van der Waals surface area contributed by atoms with E-state index in [2.05, 4.69) is 0 Å². The van der Waals surface area contributed by atoms with Crippen molar-refractivity contribution in [1.29, 1.82) is 0 Å². The number of rotatable bonds is 6. The molecule has 0 heterocycles. The van der Waals surface area contributed by atoms with Crippen molar-refractivity contribution in [2.75, 3.05) is 14.2 Å². The molecule has 0 amide bonds. The van der Waals surface area contributed by atoms with E-state index in [1.54, 1.807) is 38.1 Å². The normalized spacial score (nSPS) is 11.6. The van der Waals surface area contributed by atoms with Gasteiger partial charge in [0.05, 0.1) is 16.9 Å². The SMILES string of the molecule is COc1cccc(CN(C)S(=O)(=O)c2cc([N+](=O)[O-])cc(C)c2C)c1. The van der Waals surface area contributed by atoms with Crippen molar-refractivity contribution < 1.29 is 18.1 Å². The molecule has 0 aliphatic carbocycles. The van der Waals surface area contributed by atoms with Crippen LogP contribution in [0.5, 0.6) is 5.75 Å². The van der Waals surface area contributed by atoms with E-state index < -0.39 is 14.9 Å². The Morgan fingerprint density at radius 1 is 1.20 bits per heavy atom. The van der Waals surface area contributed by atoms with Gasteiger partial charge < -0.3 is 4.74 Å². The van der Waals surface area contributed by atoms with E-state index in [0.717, 1.165) is 11.6 Å². The molecule has 0 atom stereocenters. The Morgan fingerprint density at radius 3 is 2.48 bits per heavy atom. The van der Waals surface area contributed by atoms with Gasteiger partial charge in [-0.15, -0.1) is 0 Å². The second-order valence-corrected chi connectivity index (χ2v) is 7.77. The molecule has 25 heavy (non-hydrogen) atoms. The van der Waals surface area contributed by atoms with Crippen LogP contribution in [0.25, 0.3) is 0 Å². The molecule has 134 valence electrons. The maximum atomic E-state index is 12.9. The molecular weight excluding hydrogens is 344 g/mol. The Labute approximate surface area is 147 Å². The highest BCUT2D eigenvalue weighted by Gasteiger charge is 2.26. The average Bonchev–Trinajstić information content (AvgIpc) is 2.56. The fraction of sp³-hybridized carbons (Fsp3) is 0.294. The molecule has 2 rings (SSSR count). The summed E-state index contributed by atoms with van der Waals surface area (Å²) in [7, 11) is -0.895. The topological polar surface area (TPSA) is 89.8 Å². The summed E-state index contributed by atoms with van der Waals surface area (Å²) in [5, 5.41) is 11.1. The number of sulfonamides is 1. The molecule has 2 aromatic carbocycles. The van der Waals surface area contributed by atoms with Gasteiger partial charge in [-0.25, -0.2) is 8.42 Å². The van der Waals surface area contributed by atoms with Gasteiger partial charge in [-0.2, -0.15) is 4.31 Å². The molecule has 0 saturated heterocycles. The van der Waals surface area contributed by atoms with Gasteiger partial charge in [0, 0.05) is 25.7 Å². The van der Waals surface area contributed by atoms with E-state index in [-0.39, 0.29) is 17.1 Å². The summed E-state index contributed by atoms with van der Waals surface area (Å²) in [5.74, 6) is 0.630. The van der Waals surface area contributed by atoms with Crippen LogP contribution in [0.15, 0.2) is 41.3 Å². The largest absolute Gasteiger partial charge is 0.497 e. The second kappa shape index (κ2) is 7.20. The van der Waals surface area contributed by atoms with E-state index in [1.807, 2.05) is 0 Å². The Morgan fingerprint density at radius 2 is 1.88 bits per heavy atom. The number of aryl methyl sites for hydroxylation is 1. The van der Waals surface area contributed by atoms with Crippen LogP contribution in [-0.2, 0) is 16.6 Å². The van der Waals surface area contributed by atoms with E-state index >= 15 is 0 Å². The molecule has 0 unspecified atom stereocenters. The van der Waals surface area contributed by atoms with Gasteiger partial charge >= 0.3 is 0 Å². The lowest BCUT2D eigenvalue weighted by atomic mass is 10.1. The zero-order valence-electron chi connectivity index (χ0n) is 14.5. The van der Waals surface area contributed by atoms with Crippen molar-refractivity contribution in [3.63, 3.8) is 0 Å². The molecular formula is C17H20N2O5S. The third kappa shape index (κ3) is 3.97. The van der Waals surface area contributed by atoms with Crippen molar-refractivity contribution in [1.82, 2.24) is 4.31 Å². The first-order chi connectivity index (χ1) is 11.7. The van der Waals surface area contributed by atoms with Crippen LogP contribution in [0.2, 0.25) is 0 Å². The zero-order chi connectivity index (χ0) is 18.8. The number of hydrogen-bond acceptors (Lipinski definition) is 5. The number of hydrogen-bond donors (Lipinski definition) is 0. The number of benzene rings is 2. The van der Waals surface area contributed by atoms with Crippen LogP contribution in [-0.4, -0.2) is 31.8 Å². The molecule has 0 bridgehead atoms. The number of ether oxygens (including phenoxy) is 1.